The number of amides is 1. The maximum absolute atomic E-state index is 12.5. The van der Waals surface area contributed by atoms with Gasteiger partial charge in [0.15, 0.2) is 0 Å². The molecule has 1 aromatic rings. The second-order valence-electron chi connectivity index (χ2n) is 6.87. The lowest BCUT2D eigenvalue weighted by Gasteiger charge is -2.33. The van der Waals surface area contributed by atoms with E-state index in [2.05, 4.69) is 35.4 Å². The third kappa shape index (κ3) is 4.98. The minimum Gasteiger partial charge on any atom is -0.375 e. The van der Waals surface area contributed by atoms with Crippen LogP contribution in [-0.2, 0) is 16.1 Å². The zero-order valence-corrected chi connectivity index (χ0v) is 15.3. The highest BCUT2D eigenvalue weighted by atomic mass is 32.2. The fraction of sp³-hybridized carbons (Fsp3) is 0.632. The summed E-state index contributed by atoms with van der Waals surface area (Å²) in [5, 5.41) is 0. The minimum atomic E-state index is 0.0366. The van der Waals surface area contributed by atoms with Crippen LogP contribution in [0.4, 0.5) is 0 Å². The van der Waals surface area contributed by atoms with Crippen LogP contribution in [0.5, 0.6) is 0 Å². The third-order valence-corrected chi connectivity index (χ3v) is 5.72. The van der Waals surface area contributed by atoms with Crippen molar-refractivity contribution in [2.24, 2.45) is 5.92 Å². The number of hydrogen-bond acceptors (Lipinski definition) is 4. The normalized spacial score (nSPS) is 25.1. The summed E-state index contributed by atoms with van der Waals surface area (Å²) in [6, 6.07) is 10.5. The molecule has 2 unspecified atom stereocenters. The predicted octanol–water partition coefficient (Wildman–Crippen LogP) is 2.49. The molecule has 132 valence electrons. The van der Waals surface area contributed by atoms with Crippen LogP contribution in [-0.4, -0.2) is 66.6 Å². The average Bonchev–Trinajstić information content (AvgIpc) is 3.05. The molecule has 0 aromatic heterocycles. The molecule has 2 aliphatic heterocycles. The van der Waals surface area contributed by atoms with Crippen molar-refractivity contribution in [3.63, 3.8) is 0 Å². The molecule has 0 bridgehead atoms. The number of ether oxygens (including phenoxy) is 1. The summed E-state index contributed by atoms with van der Waals surface area (Å²) in [6.07, 6.45) is 3.85. The van der Waals surface area contributed by atoms with E-state index >= 15 is 0 Å². The molecule has 2 heterocycles. The molecule has 0 spiro atoms. The van der Waals surface area contributed by atoms with Crippen molar-refractivity contribution in [1.82, 2.24) is 9.80 Å². The van der Waals surface area contributed by atoms with Crippen molar-refractivity contribution in [2.75, 3.05) is 44.8 Å². The van der Waals surface area contributed by atoms with Gasteiger partial charge in [-0.3, -0.25) is 9.69 Å². The molecular formula is C19H28N2O2S. The highest BCUT2D eigenvalue weighted by molar-refractivity contribution is 7.98. The fourth-order valence-electron chi connectivity index (χ4n) is 3.64. The average molecular weight is 349 g/mol. The Morgan fingerprint density at radius 1 is 1.25 bits per heavy atom. The van der Waals surface area contributed by atoms with Crippen molar-refractivity contribution >= 4 is 17.7 Å². The molecule has 1 amide bonds. The predicted molar refractivity (Wildman–Crippen MR) is 99.1 cm³/mol. The molecule has 24 heavy (non-hydrogen) atoms. The summed E-state index contributed by atoms with van der Waals surface area (Å²) >= 11 is 1.88. The molecule has 0 N–H and O–H groups in total. The monoisotopic (exact) mass is 348 g/mol. The zero-order valence-electron chi connectivity index (χ0n) is 14.5. The van der Waals surface area contributed by atoms with Gasteiger partial charge in [0.2, 0.25) is 5.91 Å². The third-order valence-electron chi connectivity index (χ3n) is 4.92. The van der Waals surface area contributed by atoms with Crippen LogP contribution in [0.1, 0.15) is 18.4 Å². The minimum absolute atomic E-state index is 0.0366. The van der Waals surface area contributed by atoms with Crippen LogP contribution in [0.3, 0.4) is 0 Å². The van der Waals surface area contributed by atoms with Gasteiger partial charge in [0.05, 0.1) is 19.1 Å². The molecule has 4 nitrogen and oxygen atoms in total. The fourth-order valence-corrected chi connectivity index (χ4v) is 4.39. The lowest BCUT2D eigenvalue weighted by molar-refractivity contribution is -0.135. The Hall–Kier alpha value is -1.04. The second kappa shape index (κ2) is 8.88. The van der Waals surface area contributed by atoms with E-state index in [9.17, 15) is 4.79 Å². The largest absolute Gasteiger partial charge is 0.375 e. The van der Waals surface area contributed by atoms with E-state index in [0.717, 1.165) is 51.5 Å². The van der Waals surface area contributed by atoms with E-state index in [0.29, 0.717) is 12.3 Å². The van der Waals surface area contributed by atoms with Gasteiger partial charge in [-0.25, -0.2) is 0 Å². The van der Waals surface area contributed by atoms with Crippen molar-refractivity contribution in [1.29, 1.82) is 0 Å². The van der Waals surface area contributed by atoms with E-state index in [-0.39, 0.29) is 12.0 Å². The highest BCUT2D eigenvalue weighted by Gasteiger charge is 2.29. The van der Waals surface area contributed by atoms with Crippen LogP contribution in [0.2, 0.25) is 0 Å². The summed E-state index contributed by atoms with van der Waals surface area (Å²) in [6.45, 7) is 5.31. The van der Waals surface area contributed by atoms with Crippen LogP contribution >= 0.6 is 11.8 Å². The van der Waals surface area contributed by atoms with Gasteiger partial charge in [-0.2, -0.15) is 11.8 Å². The standard InChI is InChI=1S/C19H28N2O2S/c1-24-15-17-7-8-21(13-17)19(22)11-18-14-20(9-10-23-18)12-16-5-3-2-4-6-16/h2-6,17-18H,7-15H2,1H3. The van der Waals surface area contributed by atoms with Gasteiger partial charge in [0.25, 0.3) is 0 Å². The number of benzene rings is 1. The van der Waals surface area contributed by atoms with Gasteiger partial charge in [-0.05, 0) is 29.9 Å². The lowest BCUT2D eigenvalue weighted by atomic mass is 10.1. The van der Waals surface area contributed by atoms with Crippen molar-refractivity contribution in [3.05, 3.63) is 35.9 Å². The van der Waals surface area contributed by atoms with Crippen LogP contribution in [0.25, 0.3) is 0 Å². The van der Waals surface area contributed by atoms with Gasteiger partial charge < -0.3 is 9.64 Å². The SMILES string of the molecule is CSCC1CCN(C(=O)CC2CN(Cc3ccccc3)CCO2)C1. The van der Waals surface area contributed by atoms with E-state index < -0.39 is 0 Å². The van der Waals surface area contributed by atoms with Crippen molar-refractivity contribution < 1.29 is 9.53 Å². The van der Waals surface area contributed by atoms with Crippen LogP contribution in [0.15, 0.2) is 30.3 Å². The number of carbonyl (C=O) groups excluding carboxylic acids is 1. The van der Waals surface area contributed by atoms with Crippen LogP contribution < -0.4 is 0 Å². The maximum Gasteiger partial charge on any atom is 0.225 e. The Morgan fingerprint density at radius 2 is 2.08 bits per heavy atom. The van der Waals surface area contributed by atoms with E-state index in [1.807, 2.05) is 22.7 Å². The molecule has 0 aliphatic carbocycles. The molecule has 2 aliphatic rings. The first-order valence-electron chi connectivity index (χ1n) is 8.89. The molecule has 2 atom stereocenters. The molecule has 5 heteroatoms. The highest BCUT2D eigenvalue weighted by Crippen LogP contribution is 2.21. The van der Waals surface area contributed by atoms with E-state index in [4.69, 9.17) is 4.74 Å². The van der Waals surface area contributed by atoms with Gasteiger partial charge in [0.1, 0.15) is 0 Å². The first-order valence-corrected chi connectivity index (χ1v) is 10.3. The van der Waals surface area contributed by atoms with Crippen LogP contribution in [0, 0.1) is 5.92 Å². The number of likely N-dealkylation sites (tertiary alicyclic amines) is 1. The summed E-state index contributed by atoms with van der Waals surface area (Å²) in [5.74, 6) is 2.10. The number of carbonyl (C=O) groups is 1. The smallest absolute Gasteiger partial charge is 0.225 e. The van der Waals surface area contributed by atoms with E-state index in [1.54, 1.807) is 0 Å². The topological polar surface area (TPSA) is 32.8 Å². The Bertz CT molecular complexity index is 525. The van der Waals surface area contributed by atoms with Gasteiger partial charge >= 0.3 is 0 Å². The van der Waals surface area contributed by atoms with E-state index in [1.165, 1.54) is 5.56 Å². The van der Waals surface area contributed by atoms with Gasteiger partial charge in [0, 0.05) is 32.7 Å². The second-order valence-corrected chi connectivity index (χ2v) is 7.78. The summed E-state index contributed by atoms with van der Waals surface area (Å²) in [4.78, 5) is 17.0. The number of hydrogen-bond donors (Lipinski definition) is 0. The van der Waals surface area contributed by atoms with Gasteiger partial charge in [-0.1, -0.05) is 30.3 Å². The lowest BCUT2D eigenvalue weighted by Crippen LogP contribution is -2.44. The molecular weight excluding hydrogens is 320 g/mol. The Labute approximate surface area is 149 Å². The molecule has 0 saturated carbocycles. The first kappa shape index (κ1) is 17.8. The number of thioether (sulfide) groups is 1. The maximum atomic E-state index is 12.5. The Morgan fingerprint density at radius 3 is 2.88 bits per heavy atom. The summed E-state index contributed by atoms with van der Waals surface area (Å²) in [5.41, 5.74) is 1.32. The number of morpholine rings is 1. The molecule has 2 fully saturated rings. The van der Waals surface area contributed by atoms with Crippen molar-refractivity contribution in [2.45, 2.75) is 25.5 Å². The summed E-state index contributed by atoms with van der Waals surface area (Å²) < 4.78 is 5.86. The molecule has 0 radical (unpaired) electrons. The summed E-state index contributed by atoms with van der Waals surface area (Å²) in [7, 11) is 0. The molecule has 2 saturated heterocycles. The molecule has 1 aromatic carbocycles. The first-order chi connectivity index (χ1) is 11.7. The molecule has 3 rings (SSSR count). The number of rotatable bonds is 6. The Kier molecular flexibility index (Phi) is 6.58. The van der Waals surface area contributed by atoms with Crippen molar-refractivity contribution in [3.8, 4) is 0 Å². The zero-order chi connectivity index (χ0) is 16.8. The quantitative estimate of drug-likeness (QED) is 0.791. The number of nitrogens with zero attached hydrogens (tertiary/aromatic N) is 2. The van der Waals surface area contributed by atoms with Gasteiger partial charge in [-0.15, -0.1) is 0 Å². The Balaban J connectivity index is 1.46.